The largest absolute Gasteiger partial charge is 0.482 e. The van der Waals surface area contributed by atoms with E-state index in [9.17, 15) is 9.59 Å². The van der Waals surface area contributed by atoms with Crippen molar-refractivity contribution in [3.05, 3.63) is 64.2 Å². The van der Waals surface area contributed by atoms with E-state index in [-0.39, 0.29) is 23.6 Å². The van der Waals surface area contributed by atoms with E-state index in [2.05, 4.69) is 16.9 Å². The summed E-state index contributed by atoms with van der Waals surface area (Å²) in [4.78, 5) is 25.9. The van der Waals surface area contributed by atoms with Crippen molar-refractivity contribution in [2.75, 3.05) is 20.8 Å². The second-order valence-corrected chi connectivity index (χ2v) is 6.94. The number of halogens is 1. The summed E-state index contributed by atoms with van der Waals surface area (Å²) in [7, 11) is 3.11. The Morgan fingerprint density at radius 2 is 2.00 bits per heavy atom. The zero-order valence-electron chi connectivity index (χ0n) is 15.4. The molecular weight excluding hydrogens is 366 g/mol. The van der Waals surface area contributed by atoms with Crippen molar-refractivity contribution in [2.24, 2.45) is 0 Å². The molecule has 0 aliphatic heterocycles. The Morgan fingerprint density at radius 3 is 2.74 bits per heavy atom. The van der Waals surface area contributed by atoms with Crippen LogP contribution in [0.4, 0.5) is 0 Å². The SMILES string of the molecule is COC(=O)c1ccc(OCC(=O)N(C)C2CCCc3ccccc32)c(Cl)c1. The first-order valence-corrected chi connectivity index (χ1v) is 9.23. The minimum Gasteiger partial charge on any atom is -0.482 e. The average Bonchev–Trinajstić information content (AvgIpc) is 2.71. The summed E-state index contributed by atoms with van der Waals surface area (Å²) in [6, 6.07) is 12.9. The van der Waals surface area contributed by atoms with Crippen molar-refractivity contribution in [2.45, 2.75) is 25.3 Å². The number of esters is 1. The molecule has 0 saturated carbocycles. The number of carbonyl (C=O) groups is 2. The number of benzene rings is 2. The number of likely N-dealkylation sites (N-methyl/N-ethyl adjacent to an activating group) is 1. The number of aryl methyl sites for hydroxylation is 1. The number of carbonyl (C=O) groups excluding carboxylic acids is 2. The first-order chi connectivity index (χ1) is 13.0. The van der Waals surface area contributed by atoms with Gasteiger partial charge in [-0.15, -0.1) is 0 Å². The lowest BCUT2D eigenvalue weighted by Gasteiger charge is -2.33. The molecule has 142 valence electrons. The molecule has 27 heavy (non-hydrogen) atoms. The summed E-state index contributed by atoms with van der Waals surface area (Å²) in [6.07, 6.45) is 3.04. The van der Waals surface area contributed by atoms with E-state index in [1.807, 2.05) is 12.1 Å². The quantitative estimate of drug-likeness (QED) is 0.726. The van der Waals surface area contributed by atoms with E-state index in [1.165, 1.54) is 24.3 Å². The normalized spacial score (nSPS) is 15.6. The number of fused-ring (bicyclic) bond motifs is 1. The Morgan fingerprint density at radius 1 is 1.22 bits per heavy atom. The number of hydrogen-bond donors (Lipinski definition) is 0. The molecule has 2 aromatic carbocycles. The fourth-order valence-electron chi connectivity index (χ4n) is 3.41. The van der Waals surface area contributed by atoms with E-state index in [4.69, 9.17) is 16.3 Å². The highest BCUT2D eigenvalue weighted by atomic mass is 35.5. The number of nitrogens with zero attached hydrogens (tertiary/aromatic N) is 1. The van der Waals surface area contributed by atoms with Gasteiger partial charge in [-0.25, -0.2) is 4.79 Å². The number of methoxy groups -OCH3 is 1. The first-order valence-electron chi connectivity index (χ1n) is 8.85. The van der Waals surface area contributed by atoms with Crippen LogP contribution in [0.25, 0.3) is 0 Å². The highest BCUT2D eigenvalue weighted by Crippen LogP contribution is 2.33. The molecule has 1 aliphatic rings. The summed E-state index contributed by atoms with van der Waals surface area (Å²) in [5, 5.41) is 0.261. The lowest BCUT2D eigenvalue weighted by molar-refractivity contribution is -0.134. The molecule has 0 N–H and O–H groups in total. The smallest absolute Gasteiger partial charge is 0.337 e. The standard InChI is InChI=1S/C21H22ClNO4/c1-23(18-9-5-7-14-6-3-4-8-16(14)18)20(24)13-27-19-11-10-15(12-17(19)22)21(25)26-2/h3-4,6,8,10-12,18H,5,7,9,13H2,1-2H3. The fraction of sp³-hybridized carbons (Fsp3) is 0.333. The third-order valence-corrected chi connectivity index (χ3v) is 5.20. The zero-order valence-corrected chi connectivity index (χ0v) is 16.2. The monoisotopic (exact) mass is 387 g/mol. The zero-order chi connectivity index (χ0) is 19.4. The third-order valence-electron chi connectivity index (χ3n) is 4.90. The molecule has 1 unspecified atom stereocenters. The molecular formula is C21H22ClNO4. The van der Waals surface area contributed by atoms with Crippen molar-refractivity contribution in [1.82, 2.24) is 4.90 Å². The van der Waals surface area contributed by atoms with Gasteiger partial charge in [0, 0.05) is 7.05 Å². The van der Waals surface area contributed by atoms with Gasteiger partial charge in [0.05, 0.1) is 23.7 Å². The molecule has 5 nitrogen and oxygen atoms in total. The van der Waals surface area contributed by atoms with Gasteiger partial charge in [0.15, 0.2) is 6.61 Å². The van der Waals surface area contributed by atoms with Crippen molar-refractivity contribution >= 4 is 23.5 Å². The second-order valence-electron chi connectivity index (χ2n) is 6.54. The fourth-order valence-corrected chi connectivity index (χ4v) is 3.64. The molecule has 1 amide bonds. The van der Waals surface area contributed by atoms with E-state index >= 15 is 0 Å². The van der Waals surface area contributed by atoms with Crippen molar-refractivity contribution < 1.29 is 19.1 Å². The molecule has 0 spiro atoms. The number of hydrogen-bond acceptors (Lipinski definition) is 4. The number of ether oxygens (including phenoxy) is 2. The molecule has 2 aromatic rings. The van der Waals surface area contributed by atoms with E-state index in [1.54, 1.807) is 24.1 Å². The van der Waals surface area contributed by atoms with Crippen molar-refractivity contribution in [3.8, 4) is 5.75 Å². The van der Waals surface area contributed by atoms with Crippen molar-refractivity contribution in [1.29, 1.82) is 0 Å². The molecule has 0 radical (unpaired) electrons. The summed E-state index contributed by atoms with van der Waals surface area (Å²) >= 11 is 6.15. The highest BCUT2D eigenvalue weighted by Gasteiger charge is 2.26. The van der Waals surface area contributed by atoms with Gasteiger partial charge >= 0.3 is 5.97 Å². The van der Waals surface area contributed by atoms with E-state index < -0.39 is 5.97 Å². The van der Waals surface area contributed by atoms with Gasteiger partial charge in [-0.05, 0) is 48.6 Å². The summed E-state index contributed by atoms with van der Waals surface area (Å²) in [5.74, 6) is -0.241. The molecule has 0 heterocycles. The molecule has 0 bridgehead atoms. The first kappa shape index (κ1) is 19.2. The molecule has 0 fully saturated rings. The highest BCUT2D eigenvalue weighted by molar-refractivity contribution is 6.32. The number of rotatable bonds is 5. The predicted molar refractivity (Wildman–Crippen MR) is 103 cm³/mol. The van der Waals surface area contributed by atoms with Crippen LogP contribution in [0.3, 0.4) is 0 Å². The van der Waals surface area contributed by atoms with E-state index in [0.29, 0.717) is 11.3 Å². The predicted octanol–water partition coefficient (Wildman–Crippen LogP) is 4.04. The van der Waals surface area contributed by atoms with Crippen LogP contribution in [0.5, 0.6) is 5.75 Å². The Kier molecular flexibility index (Phi) is 6.01. The Hall–Kier alpha value is -2.53. The Labute approximate surface area is 163 Å². The van der Waals surface area contributed by atoms with Crippen LogP contribution < -0.4 is 4.74 Å². The van der Waals surface area contributed by atoms with Gasteiger partial charge in [-0.2, -0.15) is 0 Å². The van der Waals surface area contributed by atoms with Crippen molar-refractivity contribution in [3.63, 3.8) is 0 Å². The summed E-state index contributed by atoms with van der Waals surface area (Å²) < 4.78 is 10.2. The van der Waals surface area contributed by atoms with Crippen LogP contribution in [0.2, 0.25) is 5.02 Å². The molecule has 1 aliphatic carbocycles. The van der Waals surface area contributed by atoms with Crippen LogP contribution in [-0.2, 0) is 16.0 Å². The van der Waals surface area contributed by atoms with Gasteiger partial charge < -0.3 is 14.4 Å². The molecule has 6 heteroatoms. The van der Waals surface area contributed by atoms with Gasteiger partial charge in [0.1, 0.15) is 5.75 Å². The molecule has 0 aromatic heterocycles. The van der Waals surface area contributed by atoms with Gasteiger partial charge in [-0.3, -0.25) is 4.79 Å². The van der Waals surface area contributed by atoms with Gasteiger partial charge in [0.25, 0.3) is 5.91 Å². The van der Waals surface area contributed by atoms with Crippen LogP contribution in [0.15, 0.2) is 42.5 Å². The molecule has 3 rings (SSSR count). The third kappa shape index (κ3) is 4.25. The average molecular weight is 388 g/mol. The number of amides is 1. The lowest BCUT2D eigenvalue weighted by Crippen LogP contribution is -2.36. The van der Waals surface area contributed by atoms with Gasteiger partial charge in [-0.1, -0.05) is 35.9 Å². The Bertz CT molecular complexity index is 852. The maximum atomic E-state index is 12.6. The van der Waals surface area contributed by atoms with Crippen LogP contribution in [0, 0.1) is 0 Å². The maximum absolute atomic E-state index is 12.6. The minimum atomic E-state index is -0.477. The summed E-state index contributed by atoms with van der Waals surface area (Å²) in [6.45, 7) is -0.119. The van der Waals surface area contributed by atoms with E-state index in [0.717, 1.165) is 19.3 Å². The van der Waals surface area contributed by atoms with Crippen LogP contribution in [0.1, 0.15) is 40.4 Å². The minimum absolute atomic E-state index is 0.0585. The maximum Gasteiger partial charge on any atom is 0.337 e. The molecule has 0 saturated heterocycles. The summed E-state index contributed by atoms with van der Waals surface area (Å²) in [5.41, 5.74) is 2.84. The topological polar surface area (TPSA) is 55.8 Å². The van der Waals surface area contributed by atoms with Gasteiger partial charge in [0.2, 0.25) is 0 Å². The molecule has 1 atom stereocenters. The lowest BCUT2D eigenvalue weighted by atomic mass is 9.87. The van der Waals surface area contributed by atoms with Crippen LogP contribution >= 0.6 is 11.6 Å². The second kappa shape index (κ2) is 8.44. The Balaban J connectivity index is 1.65. The van der Waals surface area contributed by atoms with Crippen LogP contribution in [-0.4, -0.2) is 37.5 Å².